The molecular formula is C14H21F2NO. The van der Waals surface area contributed by atoms with Gasteiger partial charge in [-0.15, -0.1) is 0 Å². The predicted octanol–water partition coefficient (Wildman–Crippen LogP) is 3.43. The maximum atomic E-state index is 13.8. The molecule has 0 aliphatic rings. The van der Waals surface area contributed by atoms with Crippen molar-refractivity contribution in [1.29, 1.82) is 0 Å². The first-order chi connectivity index (χ1) is 8.63. The van der Waals surface area contributed by atoms with Crippen LogP contribution >= 0.6 is 0 Å². The van der Waals surface area contributed by atoms with Gasteiger partial charge in [0, 0.05) is 18.7 Å². The summed E-state index contributed by atoms with van der Waals surface area (Å²) in [5.41, 5.74) is 0.457. The fraction of sp³-hybridized carbons (Fsp3) is 0.571. The second-order valence-electron chi connectivity index (χ2n) is 4.28. The number of hydrogen-bond acceptors (Lipinski definition) is 2. The van der Waals surface area contributed by atoms with Crippen molar-refractivity contribution in [3.8, 4) is 0 Å². The third kappa shape index (κ3) is 3.75. The highest BCUT2D eigenvalue weighted by Crippen LogP contribution is 2.24. The van der Waals surface area contributed by atoms with Gasteiger partial charge < -0.3 is 10.1 Å². The summed E-state index contributed by atoms with van der Waals surface area (Å²) < 4.78 is 32.1. The number of halogens is 2. The lowest BCUT2D eigenvalue weighted by Crippen LogP contribution is -2.34. The van der Waals surface area contributed by atoms with Crippen LogP contribution in [-0.2, 0) is 4.74 Å². The van der Waals surface area contributed by atoms with Crippen molar-refractivity contribution >= 4 is 0 Å². The Labute approximate surface area is 107 Å². The molecule has 1 N–H and O–H groups in total. The first-order valence-electron chi connectivity index (χ1n) is 6.35. The molecule has 1 aromatic carbocycles. The molecule has 2 atom stereocenters. The van der Waals surface area contributed by atoms with Gasteiger partial charge in [0.05, 0.1) is 12.1 Å². The smallest absolute Gasteiger partial charge is 0.130 e. The van der Waals surface area contributed by atoms with Gasteiger partial charge in [0.2, 0.25) is 0 Å². The van der Waals surface area contributed by atoms with Crippen molar-refractivity contribution in [2.24, 2.45) is 0 Å². The van der Waals surface area contributed by atoms with E-state index in [0.29, 0.717) is 5.56 Å². The highest BCUT2D eigenvalue weighted by atomic mass is 19.1. The van der Waals surface area contributed by atoms with Crippen LogP contribution in [-0.4, -0.2) is 19.8 Å². The number of benzene rings is 1. The van der Waals surface area contributed by atoms with Gasteiger partial charge >= 0.3 is 0 Å². The van der Waals surface area contributed by atoms with E-state index in [1.54, 1.807) is 7.11 Å². The summed E-state index contributed by atoms with van der Waals surface area (Å²) in [6.45, 7) is 4.79. The van der Waals surface area contributed by atoms with Crippen LogP contribution < -0.4 is 5.32 Å². The van der Waals surface area contributed by atoms with Gasteiger partial charge in [0.15, 0.2) is 0 Å². The molecule has 0 saturated carbocycles. The SMILES string of the molecule is CCCNC(c1ccc(F)cc1F)C(CC)OC. The lowest BCUT2D eigenvalue weighted by Gasteiger charge is -2.27. The number of rotatable bonds is 7. The van der Waals surface area contributed by atoms with Crippen LogP contribution in [0.15, 0.2) is 18.2 Å². The van der Waals surface area contributed by atoms with Gasteiger partial charge in [-0.1, -0.05) is 19.9 Å². The maximum Gasteiger partial charge on any atom is 0.130 e. The molecule has 0 aliphatic carbocycles. The molecule has 1 aromatic rings. The zero-order chi connectivity index (χ0) is 13.5. The predicted molar refractivity (Wildman–Crippen MR) is 68.5 cm³/mol. The van der Waals surface area contributed by atoms with Crippen LogP contribution in [0.3, 0.4) is 0 Å². The average molecular weight is 257 g/mol. The Morgan fingerprint density at radius 1 is 1.28 bits per heavy atom. The first-order valence-corrected chi connectivity index (χ1v) is 6.35. The van der Waals surface area contributed by atoms with Crippen molar-refractivity contribution < 1.29 is 13.5 Å². The van der Waals surface area contributed by atoms with E-state index in [1.165, 1.54) is 12.1 Å². The van der Waals surface area contributed by atoms with Crippen molar-refractivity contribution in [2.75, 3.05) is 13.7 Å². The molecule has 0 radical (unpaired) electrons. The van der Waals surface area contributed by atoms with E-state index in [2.05, 4.69) is 5.32 Å². The summed E-state index contributed by atoms with van der Waals surface area (Å²) >= 11 is 0. The van der Waals surface area contributed by atoms with Crippen molar-refractivity contribution in [1.82, 2.24) is 5.32 Å². The Morgan fingerprint density at radius 3 is 2.50 bits per heavy atom. The molecular weight excluding hydrogens is 236 g/mol. The van der Waals surface area contributed by atoms with Crippen LogP contribution in [0.25, 0.3) is 0 Å². The minimum Gasteiger partial charge on any atom is -0.379 e. The summed E-state index contributed by atoms with van der Waals surface area (Å²) in [6.07, 6.45) is 1.57. The van der Waals surface area contributed by atoms with Crippen LogP contribution in [0.5, 0.6) is 0 Å². The van der Waals surface area contributed by atoms with Crippen molar-refractivity contribution in [2.45, 2.75) is 38.8 Å². The largest absolute Gasteiger partial charge is 0.379 e. The van der Waals surface area contributed by atoms with E-state index in [-0.39, 0.29) is 12.1 Å². The molecule has 2 nitrogen and oxygen atoms in total. The van der Waals surface area contributed by atoms with Gasteiger partial charge in [-0.05, 0) is 25.5 Å². The molecule has 18 heavy (non-hydrogen) atoms. The Hall–Kier alpha value is -1.00. The van der Waals surface area contributed by atoms with E-state index < -0.39 is 11.6 Å². The third-order valence-electron chi connectivity index (χ3n) is 2.99. The van der Waals surface area contributed by atoms with E-state index in [4.69, 9.17) is 4.74 Å². The normalized spacial score (nSPS) is 14.5. The summed E-state index contributed by atoms with van der Waals surface area (Å²) in [5.74, 6) is -1.09. The van der Waals surface area contributed by atoms with Crippen LogP contribution in [0.1, 0.15) is 38.3 Å². The number of ether oxygens (including phenoxy) is 1. The van der Waals surface area contributed by atoms with Crippen LogP contribution in [0, 0.1) is 11.6 Å². The molecule has 0 bridgehead atoms. The summed E-state index contributed by atoms with van der Waals surface area (Å²) in [7, 11) is 1.61. The third-order valence-corrected chi connectivity index (χ3v) is 2.99. The van der Waals surface area contributed by atoms with E-state index in [9.17, 15) is 8.78 Å². The minimum atomic E-state index is -0.559. The quantitative estimate of drug-likeness (QED) is 0.808. The molecule has 1 rings (SSSR count). The number of hydrogen-bond donors (Lipinski definition) is 1. The molecule has 0 saturated heterocycles. The molecule has 2 unspecified atom stereocenters. The molecule has 0 aliphatic heterocycles. The van der Waals surface area contributed by atoms with Crippen molar-refractivity contribution in [3.63, 3.8) is 0 Å². The Morgan fingerprint density at radius 2 is 2.00 bits per heavy atom. The summed E-state index contributed by atoms with van der Waals surface area (Å²) in [4.78, 5) is 0. The second-order valence-corrected chi connectivity index (χ2v) is 4.28. The van der Waals surface area contributed by atoms with Crippen molar-refractivity contribution in [3.05, 3.63) is 35.4 Å². The summed E-state index contributed by atoms with van der Waals surface area (Å²) in [5, 5.41) is 3.26. The van der Waals surface area contributed by atoms with Gasteiger partial charge in [-0.3, -0.25) is 0 Å². The molecule has 0 heterocycles. The Kier molecular flexibility index (Phi) is 6.22. The lowest BCUT2D eigenvalue weighted by atomic mass is 9.98. The molecule has 0 fully saturated rings. The van der Waals surface area contributed by atoms with Gasteiger partial charge in [-0.25, -0.2) is 8.78 Å². The highest BCUT2D eigenvalue weighted by Gasteiger charge is 2.23. The maximum absolute atomic E-state index is 13.8. The second kappa shape index (κ2) is 7.44. The number of methoxy groups -OCH3 is 1. The topological polar surface area (TPSA) is 21.3 Å². The molecule has 102 valence electrons. The Balaban J connectivity index is 3.00. The molecule has 0 amide bonds. The lowest BCUT2D eigenvalue weighted by molar-refractivity contribution is 0.0639. The highest BCUT2D eigenvalue weighted by molar-refractivity contribution is 5.23. The monoisotopic (exact) mass is 257 g/mol. The number of nitrogens with one attached hydrogen (secondary N) is 1. The zero-order valence-electron chi connectivity index (χ0n) is 11.2. The minimum absolute atomic E-state index is 0.128. The van der Waals surface area contributed by atoms with E-state index >= 15 is 0 Å². The first kappa shape index (κ1) is 15.1. The fourth-order valence-corrected chi connectivity index (χ4v) is 2.03. The molecule has 0 spiro atoms. The fourth-order valence-electron chi connectivity index (χ4n) is 2.03. The average Bonchev–Trinajstić information content (AvgIpc) is 2.35. The van der Waals surface area contributed by atoms with Gasteiger partial charge in [0.1, 0.15) is 11.6 Å². The van der Waals surface area contributed by atoms with Gasteiger partial charge in [0.25, 0.3) is 0 Å². The zero-order valence-corrected chi connectivity index (χ0v) is 11.2. The molecule has 4 heteroatoms. The molecule has 0 aromatic heterocycles. The van der Waals surface area contributed by atoms with Gasteiger partial charge in [-0.2, -0.15) is 0 Å². The van der Waals surface area contributed by atoms with Crippen LogP contribution in [0.2, 0.25) is 0 Å². The Bertz CT molecular complexity index is 367. The standard InChI is InChI=1S/C14H21F2NO/c1-4-8-17-14(13(5-2)18-3)11-7-6-10(15)9-12(11)16/h6-7,9,13-14,17H,4-5,8H2,1-3H3. The van der Waals surface area contributed by atoms with Crippen LogP contribution in [0.4, 0.5) is 8.78 Å². The van der Waals surface area contributed by atoms with E-state index in [0.717, 1.165) is 25.5 Å². The summed E-state index contributed by atoms with van der Waals surface area (Å²) in [6, 6.07) is 3.43. The van der Waals surface area contributed by atoms with E-state index in [1.807, 2.05) is 13.8 Å².